The first-order valence-electron chi connectivity index (χ1n) is 7.52. The second kappa shape index (κ2) is 7.05. The summed E-state index contributed by atoms with van der Waals surface area (Å²) in [7, 11) is 0. The molecule has 0 amide bonds. The maximum Gasteiger partial charge on any atom is 0.258 e. The van der Waals surface area contributed by atoms with Crippen molar-refractivity contribution in [3.05, 3.63) is 54.1 Å². The predicted octanol–water partition coefficient (Wildman–Crippen LogP) is 4.31. The summed E-state index contributed by atoms with van der Waals surface area (Å²) in [6.45, 7) is 1.66. The number of halogens is 1. The van der Waals surface area contributed by atoms with Crippen LogP contribution in [-0.2, 0) is 6.42 Å². The zero-order valence-electron chi connectivity index (χ0n) is 12.8. The molecule has 1 heterocycles. The van der Waals surface area contributed by atoms with Gasteiger partial charge >= 0.3 is 0 Å². The zero-order valence-corrected chi connectivity index (χ0v) is 12.8. The smallest absolute Gasteiger partial charge is 0.258 e. The van der Waals surface area contributed by atoms with Gasteiger partial charge in [-0.25, -0.2) is 4.39 Å². The zero-order chi connectivity index (χ0) is 16.1. The largest absolute Gasteiger partial charge is 0.491 e. The Morgan fingerprint density at radius 1 is 1.00 bits per heavy atom. The molecule has 0 N–H and O–H groups in total. The molecule has 1 aromatic heterocycles. The summed E-state index contributed by atoms with van der Waals surface area (Å²) >= 11 is 0. The molecule has 4 nitrogen and oxygen atoms in total. The molecule has 0 aliphatic heterocycles. The molecule has 0 unspecified atom stereocenters. The molecule has 23 heavy (non-hydrogen) atoms. The Morgan fingerprint density at radius 2 is 1.70 bits per heavy atom. The van der Waals surface area contributed by atoms with Crippen LogP contribution < -0.4 is 4.74 Å². The molecular weight excluding hydrogens is 294 g/mol. The summed E-state index contributed by atoms with van der Waals surface area (Å²) in [5, 5.41) is 4.02. The third kappa shape index (κ3) is 3.56. The standard InChI is InChI=1S/C18H17FN2O2/c1-2-13-3-5-14(6-4-13)17-20-18(23-21-17)15-7-9-16(10-8-15)22-12-11-19/h3-10H,2,11-12H2,1H3/i19-1. The number of hydrogen-bond donors (Lipinski definition) is 0. The molecule has 0 radical (unpaired) electrons. The Kier molecular flexibility index (Phi) is 4.66. The van der Waals surface area contributed by atoms with Gasteiger partial charge in [0.15, 0.2) is 0 Å². The topological polar surface area (TPSA) is 48.2 Å². The van der Waals surface area contributed by atoms with Gasteiger partial charge in [-0.3, -0.25) is 0 Å². The van der Waals surface area contributed by atoms with E-state index in [1.165, 1.54) is 5.56 Å². The van der Waals surface area contributed by atoms with Crippen molar-refractivity contribution in [2.45, 2.75) is 13.3 Å². The van der Waals surface area contributed by atoms with Crippen molar-refractivity contribution in [3.63, 3.8) is 0 Å². The van der Waals surface area contributed by atoms with Crippen molar-refractivity contribution in [2.75, 3.05) is 13.3 Å². The first-order chi connectivity index (χ1) is 11.3. The summed E-state index contributed by atoms with van der Waals surface area (Å²) in [5.74, 6) is 1.61. The van der Waals surface area contributed by atoms with E-state index in [9.17, 15) is 4.39 Å². The monoisotopic (exact) mass is 311 g/mol. The van der Waals surface area contributed by atoms with Crippen LogP contribution in [0.25, 0.3) is 22.8 Å². The molecule has 0 saturated heterocycles. The summed E-state index contributed by atoms with van der Waals surface area (Å²) in [6.07, 6.45) is 0.995. The fourth-order valence-corrected chi connectivity index (χ4v) is 2.20. The van der Waals surface area contributed by atoms with Gasteiger partial charge in [0.25, 0.3) is 5.89 Å². The van der Waals surface area contributed by atoms with Crippen LogP contribution in [0.2, 0.25) is 0 Å². The third-order valence-corrected chi connectivity index (χ3v) is 3.49. The Balaban J connectivity index is 1.78. The number of nitrogens with zero attached hydrogens (tertiary/aromatic N) is 2. The molecule has 3 rings (SSSR count). The highest BCUT2D eigenvalue weighted by atomic mass is 18.2. The number of aromatic nitrogens is 2. The Labute approximate surface area is 133 Å². The Hall–Kier alpha value is -2.69. The van der Waals surface area contributed by atoms with Gasteiger partial charge < -0.3 is 9.26 Å². The first kappa shape index (κ1) is 15.2. The highest BCUT2D eigenvalue weighted by Gasteiger charge is 2.10. The van der Waals surface area contributed by atoms with Gasteiger partial charge in [0.2, 0.25) is 5.82 Å². The third-order valence-electron chi connectivity index (χ3n) is 3.49. The predicted molar refractivity (Wildman–Crippen MR) is 86.0 cm³/mol. The van der Waals surface area contributed by atoms with E-state index in [4.69, 9.17) is 9.26 Å². The fourth-order valence-electron chi connectivity index (χ4n) is 2.20. The van der Waals surface area contributed by atoms with Crippen molar-refractivity contribution in [3.8, 4) is 28.6 Å². The quantitative estimate of drug-likeness (QED) is 0.680. The minimum atomic E-state index is -0.508. The molecule has 3 aromatic rings. The van der Waals surface area contributed by atoms with E-state index in [1.807, 2.05) is 24.3 Å². The molecule has 0 aliphatic rings. The highest BCUT2D eigenvalue weighted by molar-refractivity contribution is 5.60. The fraction of sp³-hybridized carbons (Fsp3) is 0.222. The van der Waals surface area contributed by atoms with Crippen LogP contribution >= 0.6 is 0 Å². The van der Waals surface area contributed by atoms with Gasteiger partial charge in [0.1, 0.15) is 19.0 Å². The number of alkyl halides is 1. The minimum absolute atomic E-state index is 0.0534. The second-order valence-corrected chi connectivity index (χ2v) is 5.04. The van der Waals surface area contributed by atoms with Crippen molar-refractivity contribution in [1.82, 2.24) is 10.1 Å². The Morgan fingerprint density at radius 3 is 2.35 bits per heavy atom. The first-order valence-corrected chi connectivity index (χ1v) is 7.52. The Bertz CT molecular complexity index is 751. The summed E-state index contributed by atoms with van der Waals surface area (Å²) in [4.78, 5) is 4.42. The van der Waals surface area contributed by atoms with Crippen molar-refractivity contribution >= 4 is 0 Å². The van der Waals surface area contributed by atoms with Crippen LogP contribution in [-0.4, -0.2) is 23.4 Å². The lowest BCUT2D eigenvalue weighted by atomic mass is 10.1. The highest BCUT2D eigenvalue weighted by Crippen LogP contribution is 2.24. The summed E-state index contributed by atoms with van der Waals surface area (Å²) in [6, 6.07) is 15.2. The van der Waals surface area contributed by atoms with E-state index in [0.29, 0.717) is 17.5 Å². The van der Waals surface area contributed by atoms with Gasteiger partial charge in [-0.15, -0.1) is 0 Å². The molecule has 0 atom stereocenters. The number of ether oxygens (including phenoxy) is 1. The number of benzene rings is 2. The summed E-state index contributed by atoms with van der Waals surface area (Å²) in [5.41, 5.74) is 2.97. The molecule has 0 spiro atoms. The normalized spacial score (nSPS) is 10.7. The number of aryl methyl sites for hydroxylation is 1. The molecule has 0 fully saturated rings. The minimum Gasteiger partial charge on any atom is -0.491 e. The van der Waals surface area contributed by atoms with Gasteiger partial charge in [-0.1, -0.05) is 36.3 Å². The van der Waals surface area contributed by atoms with Crippen LogP contribution in [0.3, 0.4) is 0 Å². The van der Waals surface area contributed by atoms with E-state index in [0.717, 1.165) is 17.5 Å². The van der Waals surface area contributed by atoms with Crippen molar-refractivity contribution < 1.29 is 13.7 Å². The number of rotatable bonds is 6. The van der Waals surface area contributed by atoms with Crippen LogP contribution in [0.1, 0.15) is 12.5 Å². The molecule has 118 valence electrons. The van der Waals surface area contributed by atoms with E-state index in [1.54, 1.807) is 12.1 Å². The van der Waals surface area contributed by atoms with Gasteiger partial charge in [-0.2, -0.15) is 4.98 Å². The van der Waals surface area contributed by atoms with Crippen molar-refractivity contribution in [2.24, 2.45) is 0 Å². The molecular formula is C18H17FN2O2. The lowest BCUT2D eigenvalue weighted by Crippen LogP contribution is -1.98. The molecule has 2 aromatic carbocycles. The van der Waals surface area contributed by atoms with E-state index in [2.05, 4.69) is 29.2 Å². The van der Waals surface area contributed by atoms with Gasteiger partial charge in [0.05, 0.1) is 0 Å². The maximum atomic E-state index is 12.1. The van der Waals surface area contributed by atoms with E-state index in [-0.39, 0.29) is 6.61 Å². The van der Waals surface area contributed by atoms with E-state index >= 15 is 0 Å². The van der Waals surface area contributed by atoms with Crippen LogP contribution in [0.15, 0.2) is 53.1 Å². The molecule has 0 bridgehead atoms. The van der Waals surface area contributed by atoms with Crippen molar-refractivity contribution in [1.29, 1.82) is 0 Å². The SMILES string of the molecule is CCc1ccc(-c2noc(-c3ccc(OCC[18F])cc3)n2)cc1. The second-order valence-electron chi connectivity index (χ2n) is 5.04. The average Bonchev–Trinajstić information content (AvgIpc) is 3.10. The summed E-state index contributed by atoms with van der Waals surface area (Å²) < 4.78 is 22.6. The van der Waals surface area contributed by atoms with Crippen LogP contribution in [0.4, 0.5) is 4.39 Å². The van der Waals surface area contributed by atoms with Crippen LogP contribution in [0.5, 0.6) is 5.75 Å². The van der Waals surface area contributed by atoms with Gasteiger partial charge in [0, 0.05) is 11.1 Å². The van der Waals surface area contributed by atoms with Gasteiger partial charge in [-0.05, 0) is 36.2 Å². The lowest BCUT2D eigenvalue weighted by molar-refractivity contribution is 0.273. The number of hydrogen-bond acceptors (Lipinski definition) is 4. The average molecular weight is 311 g/mol. The molecule has 5 heteroatoms. The molecule has 0 saturated carbocycles. The lowest BCUT2D eigenvalue weighted by Gasteiger charge is -2.03. The maximum absolute atomic E-state index is 12.1. The van der Waals surface area contributed by atoms with Crippen LogP contribution in [0, 0.1) is 0 Å². The molecule has 0 aliphatic carbocycles. The van der Waals surface area contributed by atoms with E-state index < -0.39 is 6.67 Å².